The topological polar surface area (TPSA) is 18.5 Å². The lowest BCUT2D eigenvalue weighted by Crippen LogP contribution is -2.42. The van der Waals surface area contributed by atoms with Crippen LogP contribution in [0.25, 0.3) is 0 Å². The molecule has 0 aliphatic carbocycles. The van der Waals surface area contributed by atoms with Crippen LogP contribution in [0.1, 0.15) is 12.0 Å². The van der Waals surface area contributed by atoms with Gasteiger partial charge in [0.15, 0.2) is 5.11 Å². The first-order valence-electron chi connectivity index (χ1n) is 6.79. The SMILES string of the molecule is CNC(=S)N(CCCc1ccccc1)CCN(C)C. The highest BCUT2D eigenvalue weighted by Gasteiger charge is 2.08. The Hall–Kier alpha value is -1.13. The molecule has 0 saturated heterocycles. The maximum absolute atomic E-state index is 5.36. The van der Waals surface area contributed by atoms with Crippen molar-refractivity contribution in [3.8, 4) is 0 Å². The predicted molar refractivity (Wildman–Crippen MR) is 86.5 cm³/mol. The number of rotatable bonds is 7. The number of benzene rings is 1. The third-order valence-electron chi connectivity index (χ3n) is 3.05. The van der Waals surface area contributed by atoms with Crippen LogP contribution in [-0.4, -0.2) is 55.7 Å². The summed E-state index contributed by atoms with van der Waals surface area (Å²) in [6.45, 7) is 3.00. The average molecular weight is 279 g/mol. The number of thiocarbonyl (C=S) groups is 1. The number of nitrogens with one attached hydrogen (secondary N) is 1. The second-order valence-corrected chi connectivity index (χ2v) is 5.32. The van der Waals surface area contributed by atoms with E-state index in [1.165, 1.54) is 5.56 Å². The van der Waals surface area contributed by atoms with E-state index < -0.39 is 0 Å². The van der Waals surface area contributed by atoms with Gasteiger partial charge in [-0.25, -0.2) is 0 Å². The molecule has 0 fully saturated rings. The molecule has 0 spiro atoms. The summed E-state index contributed by atoms with van der Waals surface area (Å²) in [5.41, 5.74) is 1.39. The largest absolute Gasteiger partial charge is 0.366 e. The van der Waals surface area contributed by atoms with Crippen molar-refractivity contribution in [1.82, 2.24) is 15.1 Å². The van der Waals surface area contributed by atoms with Crippen LogP contribution in [-0.2, 0) is 6.42 Å². The van der Waals surface area contributed by atoms with Crippen molar-refractivity contribution < 1.29 is 0 Å². The second-order valence-electron chi connectivity index (χ2n) is 4.93. The highest BCUT2D eigenvalue weighted by Crippen LogP contribution is 2.04. The fraction of sp³-hybridized carbons (Fsp3) is 0.533. The Morgan fingerprint density at radius 3 is 2.37 bits per heavy atom. The molecule has 3 nitrogen and oxygen atoms in total. The van der Waals surface area contributed by atoms with Gasteiger partial charge in [0.1, 0.15) is 0 Å². The van der Waals surface area contributed by atoms with E-state index in [9.17, 15) is 0 Å². The Balaban J connectivity index is 2.37. The first-order valence-corrected chi connectivity index (χ1v) is 7.19. The van der Waals surface area contributed by atoms with Crippen molar-refractivity contribution in [2.45, 2.75) is 12.8 Å². The van der Waals surface area contributed by atoms with E-state index in [1.807, 2.05) is 7.05 Å². The van der Waals surface area contributed by atoms with Gasteiger partial charge in [-0.3, -0.25) is 0 Å². The predicted octanol–water partition coefficient (Wildman–Crippen LogP) is 1.99. The lowest BCUT2D eigenvalue weighted by molar-refractivity contribution is 0.325. The van der Waals surface area contributed by atoms with E-state index in [4.69, 9.17) is 12.2 Å². The maximum Gasteiger partial charge on any atom is 0.168 e. The molecule has 1 aromatic rings. The first kappa shape index (κ1) is 15.9. The van der Waals surface area contributed by atoms with Crippen molar-refractivity contribution in [2.24, 2.45) is 0 Å². The smallest absolute Gasteiger partial charge is 0.168 e. The van der Waals surface area contributed by atoms with Crippen LogP contribution in [0.15, 0.2) is 30.3 Å². The maximum atomic E-state index is 5.36. The molecular weight excluding hydrogens is 254 g/mol. The van der Waals surface area contributed by atoms with E-state index in [2.05, 4.69) is 59.5 Å². The molecule has 0 aliphatic heterocycles. The van der Waals surface area contributed by atoms with Crippen molar-refractivity contribution in [2.75, 3.05) is 40.8 Å². The van der Waals surface area contributed by atoms with Gasteiger partial charge in [-0.1, -0.05) is 30.3 Å². The quantitative estimate of drug-likeness (QED) is 0.769. The molecular formula is C15H25N3S. The lowest BCUT2D eigenvalue weighted by atomic mass is 10.1. The van der Waals surface area contributed by atoms with Gasteiger partial charge in [0.25, 0.3) is 0 Å². The Kier molecular flexibility index (Phi) is 7.45. The molecule has 0 amide bonds. The number of likely N-dealkylation sites (N-methyl/N-ethyl adjacent to an activating group) is 1. The van der Waals surface area contributed by atoms with E-state index >= 15 is 0 Å². The van der Waals surface area contributed by atoms with E-state index in [0.717, 1.165) is 37.6 Å². The van der Waals surface area contributed by atoms with Gasteiger partial charge in [-0.2, -0.15) is 0 Å². The molecule has 0 atom stereocenters. The average Bonchev–Trinajstić information content (AvgIpc) is 2.42. The molecule has 0 aliphatic rings. The summed E-state index contributed by atoms with van der Waals surface area (Å²) in [6, 6.07) is 10.6. The third-order valence-corrected chi connectivity index (χ3v) is 3.52. The molecule has 0 bridgehead atoms. The van der Waals surface area contributed by atoms with Crippen molar-refractivity contribution in [3.63, 3.8) is 0 Å². The third kappa shape index (κ3) is 6.55. The van der Waals surface area contributed by atoms with Gasteiger partial charge in [0.2, 0.25) is 0 Å². The minimum absolute atomic E-state index is 0.843. The van der Waals surface area contributed by atoms with Gasteiger partial charge in [0.05, 0.1) is 0 Å². The lowest BCUT2D eigenvalue weighted by Gasteiger charge is -2.26. The minimum atomic E-state index is 0.843. The van der Waals surface area contributed by atoms with Gasteiger partial charge in [-0.15, -0.1) is 0 Å². The van der Waals surface area contributed by atoms with Gasteiger partial charge in [-0.05, 0) is 44.7 Å². The summed E-state index contributed by atoms with van der Waals surface area (Å²) >= 11 is 5.36. The van der Waals surface area contributed by atoms with E-state index in [0.29, 0.717) is 0 Å². The van der Waals surface area contributed by atoms with Crippen molar-refractivity contribution >= 4 is 17.3 Å². The molecule has 1 rings (SSSR count). The second kappa shape index (κ2) is 8.88. The molecule has 1 aromatic carbocycles. The first-order chi connectivity index (χ1) is 9.13. The molecule has 0 heterocycles. The zero-order valence-corrected chi connectivity index (χ0v) is 13.0. The van der Waals surface area contributed by atoms with E-state index in [-0.39, 0.29) is 0 Å². The molecule has 4 heteroatoms. The summed E-state index contributed by atoms with van der Waals surface area (Å²) in [6.07, 6.45) is 2.23. The van der Waals surface area contributed by atoms with Crippen LogP contribution in [0.5, 0.6) is 0 Å². The Bertz CT molecular complexity index is 365. The molecule has 0 aromatic heterocycles. The van der Waals surface area contributed by atoms with E-state index in [1.54, 1.807) is 0 Å². The van der Waals surface area contributed by atoms with Gasteiger partial charge < -0.3 is 15.1 Å². The number of hydrogen-bond acceptors (Lipinski definition) is 2. The van der Waals surface area contributed by atoms with Crippen LogP contribution in [0.4, 0.5) is 0 Å². The number of aryl methyl sites for hydroxylation is 1. The molecule has 0 unspecified atom stereocenters. The summed E-state index contributed by atoms with van der Waals surface area (Å²) in [7, 11) is 6.07. The Morgan fingerprint density at radius 1 is 1.11 bits per heavy atom. The van der Waals surface area contributed by atoms with Crippen LogP contribution in [0, 0.1) is 0 Å². The zero-order chi connectivity index (χ0) is 14.1. The van der Waals surface area contributed by atoms with Gasteiger partial charge >= 0.3 is 0 Å². The zero-order valence-electron chi connectivity index (χ0n) is 12.2. The van der Waals surface area contributed by atoms with Crippen molar-refractivity contribution in [3.05, 3.63) is 35.9 Å². The van der Waals surface area contributed by atoms with Crippen LogP contribution in [0.3, 0.4) is 0 Å². The summed E-state index contributed by atoms with van der Waals surface area (Å²) in [4.78, 5) is 4.43. The fourth-order valence-electron chi connectivity index (χ4n) is 1.91. The van der Waals surface area contributed by atoms with Crippen LogP contribution < -0.4 is 5.32 Å². The number of hydrogen-bond donors (Lipinski definition) is 1. The monoisotopic (exact) mass is 279 g/mol. The number of nitrogens with zero attached hydrogens (tertiary/aromatic N) is 2. The highest BCUT2D eigenvalue weighted by molar-refractivity contribution is 7.80. The van der Waals surface area contributed by atoms with Crippen molar-refractivity contribution in [1.29, 1.82) is 0 Å². The summed E-state index contributed by atoms with van der Waals surface area (Å²) in [5, 5.41) is 3.92. The summed E-state index contributed by atoms with van der Waals surface area (Å²) in [5.74, 6) is 0. The fourth-order valence-corrected chi connectivity index (χ4v) is 2.10. The minimum Gasteiger partial charge on any atom is -0.366 e. The highest BCUT2D eigenvalue weighted by atomic mass is 32.1. The normalized spacial score (nSPS) is 10.5. The molecule has 0 radical (unpaired) electrons. The Morgan fingerprint density at radius 2 is 1.79 bits per heavy atom. The molecule has 106 valence electrons. The van der Waals surface area contributed by atoms with Crippen LogP contribution >= 0.6 is 12.2 Å². The van der Waals surface area contributed by atoms with Crippen LogP contribution in [0.2, 0.25) is 0 Å². The Labute approximate surface area is 122 Å². The molecule has 0 saturated carbocycles. The van der Waals surface area contributed by atoms with Gasteiger partial charge in [0, 0.05) is 26.7 Å². The summed E-state index contributed by atoms with van der Waals surface area (Å²) < 4.78 is 0. The molecule has 1 N–H and O–H groups in total. The molecule has 19 heavy (non-hydrogen) atoms. The standard InChI is InChI=1S/C15H25N3S/c1-16-15(19)18(13-12-17(2)3)11-7-10-14-8-5-4-6-9-14/h4-6,8-9H,7,10-13H2,1-3H3,(H,16,19).